The topological polar surface area (TPSA) is 104 Å². The van der Waals surface area contributed by atoms with E-state index in [2.05, 4.69) is 0 Å². The van der Waals surface area contributed by atoms with Gasteiger partial charge in [-0.2, -0.15) is 0 Å². The Morgan fingerprint density at radius 3 is 1.92 bits per heavy atom. The third-order valence-corrected chi connectivity index (χ3v) is 3.05. The van der Waals surface area contributed by atoms with Gasteiger partial charge >= 0.3 is 11.9 Å². The van der Waals surface area contributed by atoms with Crippen molar-refractivity contribution >= 4 is 11.9 Å². The minimum Gasteiger partial charge on any atom is -0.478 e. The molecule has 0 spiro atoms. The molecule has 0 atom stereocenters. The first kappa shape index (κ1) is 23.1. The quantitative estimate of drug-likeness (QED) is 0.489. The van der Waals surface area contributed by atoms with Gasteiger partial charge in [0, 0.05) is 13.2 Å². The molecule has 3 N–H and O–H groups in total. The van der Waals surface area contributed by atoms with E-state index in [9.17, 15) is 9.59 Å². The zero-order chi connectivity index (χ0) is 19.3. The number of aromatic carboxylic acids is 1. The van der Waals surface area contributed by atoms with E-state index in [1.807, 2.05) is 20.8 Å². The summed E-state index contributed by atoms with van der Waals surface area (Å²) in [7, 11) is 0. The van der Waals surface area contributed by atoms with Crippen molar-refractivity contribution in [3.05, 3.63) is 35.4 Å². The molecule has 0 fully saturated rings. The van der Waals surface area contributed by atoms with Crippen LogP contribution in [0.15, 0.2) is 24.3 Å². The molecular weight excluding hydrogens is 324 g/mol. The minimum absolute atomic E-state index is 0.0789. The van der Waals surface area contributed by atoms with E-state index in [0.717, 1.165) is 25.7 Å². The molecule has 1 aromatic carbocycles. The van der Waals surface area contributed by atoms with Crippen molar-refractivity contribution in [3.63, 3.8) is 0 Å². The second kappa shape index (κ2) is 12.4. The van der Waals surface area contributed by atoms with Crippen LogP contribution in [0, 0.1) is 5.41 Å². The fourth-order valence-electron chi connectivity index (χ4n) is 1.72. The molecule has 25 heavy (non-hydrogen) atoms. The number of carbonyl (C=O) groups excluding carboxylic acids is 1. The van der Waals surface area contributed by atoms with Gasteiger partial charge in [-0.3, -0.25) is 0 Å². The molecule has 0 amide bonds. The van der Waals surface area contributed by atoms with Crippen molar-refractivity contribution < 1.29 is 29.6 Å². The van der Waals surface area contributed by atoms with Gasteiger partial charge in [-0.25, -0.2) is 9.59 Å². The summed E-state index contributed by atoms with van der Waals surface area (Å²) in [6.45, 7) is 6.72. The van der Waals surface area contributed by atoms with Crippen LogP contribution in [0.5, 0.6) is 0 Å². The van der Waals surface area contributed by atoms with Gasteiger partial charge in [0.25, 0.3) is 0 Å². The number of hydrogen-bond donors (Lipinski definition) is 3. The number of benzene rings is 1. The summed E-state index contributed by atoms with van der Waals surface area (Å²) in [4.78, 5) is 22.4. The van der Waals surface area contributed by atoms with E-state index >= 15 is 0 Å². The molecule has 6 nitrogen and oxygen atoms in total. The van der Waals surface area contributed by atoms with Gasteiger partial charge in [0.05, 0.1) is 17.7 Å². The molecule has 0 heterocycles. The van der Waals surface area contributed by atoms with Crippen molar-refractivity contribution in [1.82, 2.24) is 0 Å². The predicted octanol–water partition coefficient (Wildman–Crippen LogP) is 3.12. The first-order valence-corrected chi connectivity index (χ1v) is 8.43. The lowest BCUT2D eigenvalue weighted by atomic mass is 9.99. The van der Waals surface area contributed by atoms with Crippen LogP contribution in [0.25, 0.3) is 0 Å². The Morgan fingerprint density at radius 1 is 0.960 bits per heavy atom. The molecule has 0 saturated heterocycles. The molecule has 0 saturated carbocycles. The smallest absolute Gasteiger partial charge is 0.338 e. The molecule has 0 radical (unpaired) electrons. The Kier molecular flexibility index (Phi) is 11.5. The standard InChI is InChI=1S/C13H16O4.C6H14O2/c1-13(2,3)8-17-12(16)10-6-4-5-9(7-10)11(14)15;7-5-3-1-2-4-6-8/h4-7H,8H2,1-3H3,(H,14,15);7-8H,1-6H2. The zero-order valence-electron chi connectivity index (χ0n) is 15.3. The lowest BCUT2D eigenvalue weighted by molar-refractivity contribution is 0.0367. The molecule has 6 heteroatoms. The lowest BCUT2D eigenvalue weighted by Gasteiger charge is -2.17. The third kappa shape index (κ3) is 12.1. The van der Waals surface area contributed by atoms with Gasteiger partial charge in [-0.05, 0) is 36.5 Å². The summed E-state index contributed by atoms with van der Waals surface area (Å²) >= 11 is 0. The Bertz CT molecular complexity index is 513. The van der Waals surface area contributed by atoms with Gasteiger partial charge in [-0.15, -0.1) is 0 Å². The van der Waals surface area contributed by atoms with Gasteiger partial charge < -0.3 is 20.1 Å². The first-order chi connectivity index (χ1) is 11.7. The highest BCUT2D eigenvalue weighted by molar-refractivity contribution is 5.94. The predicted molar refractivity (Wildman–Crippen MR) is 95.8 cm³/mol. The lowest BCUT2D eigenvalue weighted by Crippen LogP contribution is -2.18. The minimum atomic E-state index is -1.06. The number of esters is 1. The number of ether oxygens (including phenoxy) is 1. The average Bonchev–Trinajstić information content (AvgIpc) is 2.56. The summed E-state index contributed by atoms with van der Waals surface area (Å²) in [6.07, 6.45) is 3.83. The van der Waals surface area contributed by atoms with Crippen LogP contribution in [-0.2, 0) is 4.74 Å². The van der Waals surface area contributed by atoms with Gasteiger partial charge in [0.1, 0.15) is 0 Å². The highest BCUT2D eigenvalue weighted by atomic mass is 16.5. The highest BCUT2D eigenvalue weighted by Crippen LogP contribution is 2.15. The number of carbonyl (C=O) groups is 2. The van der Waals surface area contributed by atoms with Crippen molar-refractivity contribution in [2.24, 2.45) is 5.41 Å². The van der Waals surface area contributed by atoms with Gasteiger partial charge in [0.2, 0.25) is 0 Å². The summed E-state index contributed by atoms with van der Waals surface area (Å²) in [5.41, 5.74) is 0.226. The third-order valence-electron chi connectivity index (χ3n) is 3.05. The molecule has 0 aliphatic rings. The van der Waals surface area contributed by atoms with Crippen LogP contribution in [-0.4, -0.2) is 47.1 Å². The maximum atomic E-state index is 11.7. The molecule has 1 aromatic rings. The first-order valence-electron chi connectivity index (χ1n) is 8.43. The molecule has 0 aliphatic carbocycles. The van der Waals surface area contributed by atoms with Crippen LogP contribution in [0.4, 0.5) is 0 Å². The van der Waals surface area contributed by atoms with Crippen LogP contribution in [0.1, 0.15) is 67.2 Å². The fourth-order valence-corrected chi connectivity index (χ4v) is 1.72. The van der Waals surface area contributed by atoms with Gasteiger partial charge in [0.15, 0.2) is 0 Å². The van der Waals surface area contributed by atoms with E-state index in [4.69, 9.17) is 20.1 Å². The average molecular weight is 354 g/mol. The van der Waals surface area contributed by atoms with E-state index in [0.29, 0.717) is 6.61 Å². The number of hydrogen-bond acceptors (Lipinski definition) is 5. The van der Waals surface area contributed by atoms with Crippen molar-refractivity contribution in [2.75, 3.05) is 19.8 Å². The van der Waals surface area contributed by atoms with Crippen LogP contribution in [0.2, 0.25) is 0 Å². The number of unbranched alkanes of at least 4 members (excludes halogenated alkanes) is 3. The van der Waals surface area contributed by atoms with Crippen LogP contribution < -0.4 is 0 Å². The number of rotatable bonds is 8. The molecule has 142 valence electrons. The van der Waals surface area contributed by atoms with Crippen LogP contribution in [0.3, 0.4) is 0 Å². The summed E-state index contributed by atoms with van der Waals surface area (Å²) < 4.78 is 5.10. The Morgan fingerprint density at radius 2 is 1.48 bits per heavy atom. The molecule has 0 unspecified atom stereocenters. The molecular formula is C19H30O6. The number of carboxylic acids is 1. The van der Waals surface area contributed by atoms with Crippen molar-refractivity contribution in [2.45, 2.75) is 46.5 Å². The second-order valence-electron chi connectivity index (χ2n) is 6.88. The fraction of sp³-hybridized carbons (Fsp3) is 0.579. The van der Waals surface area contributed by atoms with Crippen LogP contribution >= 0.6 is 0 Å². The van der Waals surface area contributed by atoms with E-state index in [1.165, 1.54) is 24.3 Å². The number of carboxylic acid groups (broad SMARTS) is 1. The van der Waals surface area contributed by atoms with E-state index < -0.39 is 11.9 Å². The molecule has 0 aromatic heterocycles. The molecule has 0 aliphatic heterocycles. The largest absolute Gasteiger partial charge is 0.478 e. The number of aliphatic hydroxyl groups is 2. The van der Waals surface area contributed by atoms with E-state index in [-0.39, 0.29) is 29.8 Å². The highest BCUT2D eigenvalue weighted by Gasteiger charge is 2.15. The summed E-state index contributed by atoms with van der Waals surface area (Å²) in [5, 5.41) is 25.4. The Labute approximate surface area is 149 Å². The SMILES string of the molecule is CC(C)(C)COC(=O)c1cccc(C(=O)O)c1.OCCCCCCO. The van der Waals surface area contributed by atoms with Gasteiger partial charge in [-0.1, -0.05) is 39.7 Å². The molecule has 0 bridgehead atoms. The monoisotopic (exact) mass is 354 g/mol. The number of aliphatic hydroxyl groups excluding tert-OH is 2. The summed E-state index contributed by atoms with van der Waals surface area (Å²) in [5.74, 6) is -1.56. The van der Waals surface area contributed by atoms with Crippen molar-refractivity contribution in [1.29, 1.82) is 0 Å². The zero-order valence-corrected chi connectivity index (χ0v) is 15.3. The normalized spacial score (nSPS) is 10.6. The maximum absolute atomic E-state index is 11.7. The van der Waals surface area contributed by atoms with Crippen molar-refractivity contribution in [3.8, 4) is 0 Å². The second-order valence-corrected chi connectivity index (χ2v) is 6.88. The maximum Gasteiger partial charge on any atom is 0.338 e. The Hall–Kier alpha value is -1.92. The summed E-state index contributed by atoms with van der Waals surface area (Å²) in [6, 6.07) is 5.81. The Balaban J connectivity index is 0.000000609. The molecule has 1 rings (SSSR count). The van der Waals surface area contributed by atoms with E-state index in [1.54, 1.807) is 0 Å².